The minimum absolute atomic E-state index is 0.366. The van der Waals surface area contributed by atoms with E-state index >= 15 is 0 Å². The molecule has 0 bridgehead atoms. The number of imidazole rings is 1. The maximum atomic E-state index is 13.3. The van der Waals surface area contributed by atoms with E-state index in [4.69, 9.17) is 9.84 Å². The Morgan fingerprint density at radius 1 is 0.702 bits per heavy atom. The fraction of sp³-hybridized carbons (Fsp3) is 0.128. The van der Waals surface area contributed by atoms with Crippen LogP contribution in [-0.4, -0.2) is 35.8 Å². The number of benzene rings is 3. The van der Waals surface area contributed by atoms with Gasteiger partial charge in [-0.2, -0.15) is 5.10 Å². The number of fused-ring (bicyclic) bond motifs is 1. The molecular weight excluding hydrogens is 584 g/mol. The monoisotopic (exact) mass is 618 g/mol. The van der Waals surface area contributed by atoms with Gasteiger partial charge in [-0.15, -0.1) is 0 Å². The van der Waals surface area contributed by atoms with Crippen LogP contribution in [0.25, 0.3) is 28.2 Å². The largest absolute Gasteiger partial charge is 0.444 e. The van der Waals surface area contributed by atoms with E-state index in [0.717, 1.165) is 39.3 Å². The Kier molecular flexibility index (Phi) is 7.61. The van der Waals surface area contributed by atoms with E-state index in [1.54, 1.807) is 6.20 Å². The molecule has 4 heterocycles. The number of pyridine rings is 2. The van der Waals surface area contributed by atoms with Crippen LogP contribution in [0.2, 0.25) is 0 Å². The van der Waals surface area contributed by atoms with Crippen molar-refractivity contribution in [3.05, 3.63) is 163 Å². The summed E-state index contributed by atoms with van der Waals surface area (Å²) in [7, 11) is 0. The maximum Gasteiger partial charge on any atom is 0.413 e. The Morgan fingerprint density at radius 3 is 1.85 bits per heavy atom. The third-order valence-electron chi connectivity index (χ3n) is 8.00. The highest BCUT2D eigenvalue weighted by atomic mass is 16.6. The Bertz CT molecular complexity index is 2040. The molecule has 0 aliphatic rings. The van der Waals surface area contributed by atoms with Gasteiger partial charge in [-0.3, -0.25) is 19.4 Å². The topological polar surface area (TPSA) is 86.3 Å². The normalized spacial score (nSPS) is 11.8. The third kappa shape index (κ3) is 5.66. The first-order chi connectivity index (χ1) is 22.8. The second-order valence-electron chi connectivity index (χ2n) is 12.3. The van der Waals surface area contributed by atoms with Gasteiger partial charge in [-0.25, -0.2) is 9.78 Å². The van der Waals surface area contributed by atoms with Crippen molar-refractivity contribution in [2.24, 2.45) is 0 Å². The van der Waals surface area contributed by atoms with Crippen LogP contribution in [0.1, 0.15) is 37.5 Å². The molecule has 232 valence electrons. The molecule has 47 heavy (non-hydrogen) atoms. The van der Waals surface area contributed by atoms with E-state index in [9.17, 15) is 4.79 Å². The summed E-state index contributed by atoms with van der Waals surface area (Å²) in [6, 6.07) is 40.6. The van der Waals surface area contributed by atoms with Crippen molar-refractivity contribution in [2.45, 2.75) is 31.9 Å². The molecule has 0 atom stereocenters. The third-order valence-corrected chi connectivity index (χ3v) is 8.00. The molecule has 8 nitrogen and oxygen atoms in total. The zero-order chi connectivity index (χ0) is 32.4. The van der Waals surface area contributed by atoms with Crippen molar-refractivity contribution in [1.82, 2.24) is 24.1 Å². The van der Waals surface area contributed by atoms with Gasteiger partial charge in [0.05, 0.1) is 17.6 Å². The number of nitrogens with one attached hydrogen (secondary N) is 1. The molecule has 4 aromatic heterocycles. The smallest absolute Gasteiger partial charge is 0.413 e. The minimum Gasteiger partial charge on any atom is -0.444 e. The van der Waals surface area contributed by atoms with E-state index in [1.807, 2.05) is 133 Å². The number of amides is 1. The Labute approximate surface area is 273 Å². The molecule has 0 fully saturated rings. The van der Waals surface area contributed by atoms with Crippen LogP contribution < -0.4 is 5.32 Å². The molecule has 1 N–H and O–H groups in total. The van der Waals surface area contributed by atoms with E-state index < -0.39 is 17.2 Å². The van der Waals surface area contributed by atoms with E-state index in [2.05, 4.69) is 51.7 Å². The molecule has 7 aromatic rings. The zero-order valence-corrected chi connectivity index (χ0v) is 26.4. The van der Waals surface area contributed by atoms with Gasteiger partial charge in [-0.1, -0.05) is 97.1 Å². The van der Waals surface area contributed by atoms with Gasteiger partial charge in [0.1, 0.15) is 16.8 Å². The molecule has 0 unspecified atom stereocenters. The molecular formula is C39H34N6O2. The van der Waals surface area contributed by atoms with Gasteiger partial charge in [0, 0.05) is 29.7 Å². The van der Waals surface area contributed by atoms with Gasteiger partial charge in [-0.05, 0) is 61.7 Å². The number of ether oxygens (including phenoxy) is 1. The van der Waals surface area contributed by atoms with Crippen LogP contribution in [0.5, 0.6) is 0 Å². The molecule has 8 heteroatoms. The summed E-state index contributed by atoms with van der Waals surface area (Å²) in [5, 5.41) is 8.14. The summed E-state index contributed by atoms with van der Waals surface area (Å²) in [5.41, 5.74) is 5.43. The zero-order valence-electron chi connectivity index (χ0n) is 26.4. The SMILES string of the molecule is CC(C)(C)OC(=O)Nc1nn(C(c2ccccc2)(c2ccccc2)c2ccccc2)cc1-c1ccc2ncc(-c3ccccn3)n2c1. The van der Waals surface area contributed by atoms with E-state index in [1.165, 1.54) is 0 Å². The van der Waals surface area contributed by atoms with Crippen molar-refractivity contribution in [3.8, 4) is 22.5 Å². The van der Waals surface area contributed by atoms with Crippen molar-refractivity contribution in [2.75, 3.05) is 5.32 Å². The summed E-state index contributed by atoms with van der Waals surface area (Å²) in [5.74, 6) is 0.366. The first kappa shape index (κ1) is 29.7. The van der Waals surface area contributed by atoms with E-state index in [-0.39, 0.29) is 0 Å². The molecule has 1 amide bonds. The Morgan fingerprint density at radius 2 is 1.30 bits per heavy atom. The lowest BCUT2D eigenvalue weighted by atomic mass is 9.77. The number of aromatic nitrogens is 5. The summed E-state index contributed by atoms with van der Waals surface area (Å²) >= 11 is 0. The number of carbonyl (C=O) groups excluding carboxylic acids is 1. The first-order valence-corrected chi connectivity index (χ1v) is 15.5. The van der Waals surface area contributed by atoms with Crippen LogP contribution in [0.3, 0.4) is 0 Å². The molecule has 0 spiro atoms. The standard InChI is InChI=1S/C39H34N6O2/c1-38(2,3)47-37(46)42-36-32(28-22-23-35-41-25-34(44(35)26-28)33-21-13-14-24-40-33)27-45(43-36)39(29-15-7-4-8-16-29,30-17-9-5-10-18-30)31-19-11-6-12-20-31/h4-27H,1-3H3,(H,42,43,46). The van der Waals surface area contributed by atoms with Crippen LogP contribution in [-0.2, 0) is 10.3 Å². The van der Waals surface area contributed by atoms with Crippen molar-refractivity contribution >= 4 is 17.6 Å². The molecule has 3 aromatic carbocycles. The lowest BCUT2D eigenvalue weighted by Gasteiger charge is -2.36. The predicted octanol–water partition coefficient (Wildman–Crippen LogP) is 8.45. The number of rotatable bonds is 7. The second-order valence-corrected chi connectivity index (χ2v) is 12.3. The Hall–Kier alpha value is -6.02. The summed E-state index contributed by atoms with van der Waals surface area (Å²) in [4.78, 5) is 22.5. The minimum atomic E-state index is -0.884. The summed E-state index contributed by atoms with van der Waals surface area (Å²) < 4.78 is 9.65. The second kappa shape index (κ2) is 12.1. The van der Waals surface area contributed by atoms with E-state index in [0.29, 0.717) is 11.4 Å². The highest BCUT2D eigenvalue weighted by Crippen LogP contribution is 2.42. The summed E-state index contributed by atoms with van der Waals surface area (Å²) in [6.07, 6.45) is 6.99. The number of hydrogen-bond acceptors (Lipinski definition) is 5. The molecule has 7 rings (SSSR count). The van der Waals surface area contributed by atoms with Crippen LogP contribution in [0, 0.1) is 0 Å². The lowest BCUT2D eigenvalue weighted by molar-refractivity contribution is 0.0635. The van der Waals surface area contributed by atoms with Crippen molar-refractivity contribution in [3.63, 3.8) is 0 Å². The number of anilines is 1. The number of hydrogen-bond donors (Lipinski definition) is 1. The predicted molar refractivity (Wildman–Crippen MR) is 184 cm³/mol. The molecule has 0 radical (unpaired) electrons. The molecule has 0 saturated carbocycles. The average Bonchev–Trinajstić information content (AvgIpc) is 3.70. The van der Waals surface area contributed by atoms with Gasteiger partial charge in [0.15, 0.2) is 5.82 Å². The quantitative estimate of drug-likeness (QED) is 0.181. The van der Waals surface area contributed by atoms with Crippen LogP contribution in [0.15, 0.2) is 146 Å². The molecule has 0 aliphatic carbocycles. The fourth-order valence-corrected chi connectivity index (χ4v) is 6.03. The molecule has 0 aliphatic heterocycles. The van der Waals surface area contributed by atoms with Gasteiger partial charge in [0.25, 0.3) is 0 Å². The lowest BCUT2D eigenvalue weighted by Crippen LogP contribution is -2.38. The van der Waals surface area contributed by atoms with Crippen LogP contribution >= 0.6 is 0 Å². The van der Waals surface area contributed by atoms with Crippen LogP contribution in [0.4, 0.5) is 10.6 Å². The molecule has 0 saturated heterocycles. The summed E-state index contributed by atoms with van der Waals surface area (Å²) in [6.45, 7) is 5.51. The van der Waals surface area contributed by atoms with Gasteiger partial charge in [0.2, 0.25) is 0 Å². The number of nitrogens with zero attached hydrogens (tertiary/aromatic N) is 5. The number of carbonyl (C=O) groups is 1. The highest BCUT2D eigenvalue weighted by molar-refractivity contribution is 5.90. The van der Waals surface area contributed by atoms with Crippen molar-refractivity contribution < 1.29 is 9.53 Å². The Balaban J connectivity index is 1.49. The highest BCUT2D eigenvalue weighted by Gasteiger charge is 2.40. The van der Waals surface area contributed by atoms with Gasteiger partial charge >= 0.3 is 6.09 Å². The first-order valence-electron chi connectivity index (χ1n) is 15.5. The fourth-order valence-electron chi connectivity index (χ4n) is 6.03. The maximum absolute atomic E-state index is 13.3. The van der Waals surface area contributed by atoms with Crippen molar-refractivity contribution in [1.29, 1.82) is 0 Å². The van der Waals surface area contributed by atoms with Gasteiger partial charge < -0.3 is 4.74 Å². The average molecular weight is 619 g/mol.